The van der Waals surface area contributed by atoms with Crippen LogP contribution in [0.5, 0.6) is 11.5 Å². The van der Waals surface area contributed by atoms with Crippen LogP contribution in [-0.4, -0.2) is 17.6 Å². The summed E-state index contributed by atoms with van der Waals surface area (Å²) in [4.78, 5) is 15.1. The topological polar surface area (TPSA) is 50.8 Å². The van der Waals surface area contributed by atoms with E-state index < -0.39 is 0 Å². The molecule has 0 radical (unpaired) electrons. The van der Waals surface area contributed by atoms with E-state index in [1.165, 1.54) is 11.1 Å². The summed E-state index contributed by atoms with van der Waals surface area (Å²) in [5.74, 6) is 1.50. The fourth-order valence-electron chi connectivity index (χ4n) is 3.98. The number of hydrogen-bond acceptors (Lipinski definition) is 4. The molecule has 3 aromatic carbocycles. The molecule has 1 amide bonds. The first-order valence-corrected chi connectivity index (χ1v) is 9.73. The number of amides is 1. The van der Waals surface area contributed by atoms with Gasteiger partial charge in [0.15, 0.2) is 11.5 Å². The van der Waals surface area contributed by atoms with Gasteiger partial charge in [-0.2, -0.15) is 0 Å². The SMILES string of the molecule is Cc1cccc(N[C@H]2c3ccccc3C(=O)N2Cc2ccc3c(c2)OCO3)c1C. The second kappa shape index (κ2) is 6.85. The van der Waals surface area contributed by atoms with Gasteiger partial charge >= 0.3 is 0 Å². The minimum Gasteiger partial charge on any atom is -0.454 e. The Balaban J connectivity index is 1.50. The maximum atomic E-state index is 13.2. The number of hydrogen-bond donors (Lipinski definition) is 1. The first-order valence-electron chi connectivity index (χ1n) is 9.73. The van der Waals surface area contributed by atoms with Crippen LogP contribution in [0.3, 0.4) is 0 Å². The lowest BCUT2D eigenvalue weighted by atomic mass is 10.1. The zero-order valence-corrected chi connectivity index (χ0v) is 16.4. The summed E-state index contributed by atoms with van der Waals surface area (Å²) in [6.07, 6.45) is -0.232. The monoisotopic (exact) mass is 386 g/mol. The van der Waals surface area contributed by atoms with Gasteiger partial charge in [-0.05, 0) is 54.8 Å². The molecule has 1 atom stereocenters. The standard InChI is InChI=1S/C24H22N2O3/c1-15-6-5-9-20(16(15)2)25-23-18-7-3-4-8-19(18)24(27)26(23)13-17-10-11-21-22(12-17)29-14-28-21/h3-12,23,25H,13-14H2,1-2H3/t23-/m1/s1. The average molecular weight is 386 g/mol. The number of nitrogens with one attached hydrogen (secondary N) is 1. The van der Waals surface area contributed by atoms with Crippen LogP contribution in [0.15, 0.2) is 60.7 Å². The van der Waals surface area contributed by atoms with Crippen LogP contribution in [0.1, 0.15) is 38.8 Å². The van der Waals surface area contributed by atoms with Crippen LogP contribution >= 0.6 is 0 Å². The van der Waals surface area contributed by atoms with E-state index in [2.05, 4.69) is 31.3 Å². The van der Waals surface area contributed by atoms with E-state index in [0.29, 0.717) is 6.54 Å². The van der Waals surface area contributed by atoms with Crippen molar-refractivity contribution < 1.29 is 14.3 Å². The van der Waals surface area contributed by atoms with Crippen molar-refractivity contribution in [2.75, 3.05) is 12.1 Å². The summed E-state index contributed by atoms with van der Waals surface area (Å²) in [6, 6.07) is 19.8. The zero-order valence-electron chi connectivity index (χ0n) is 16.4. The number of carbonyl (C=O) groups is 1. The Morgan fingerprint density at radius 3 is 2.72 bits per heavy atom. The van der Waals surface area contributed by atoms with Gasteiger partial charge in [-0.1, -0.05) is 36.4 Å². The minimum absolute atomic E-state index is 0.0288. The third-order valence-electron chi connectivity index (χ3n) is 5.75. The Kier molecular flexibility index (Phi) is 4.16. The predicted molar refractivity (Wildman–Crippen MR) is 111 cm³/mol. The second-order valence-electron chi connectivity index (χ2n) is 7.50. The van der Waals surface area contributed by atoms with Gasteiger partial charge in [-0.3, -0.25) is 4.79 Å². The lowest BCUT2D eigenvalue weighted by Gasteiger charge is -2.28. The highest BCUT2D eigenvalue weighted by atomic mass is 16.7. The first-order chi connectivity index (χ1) is 14.1. The summed E-state index contributed by atoms with van der Waals surface area (Å²) in [6.45, 7) is 4.91. The summed E-state index contributed by atoms with van der Waals surface area (Å²) in [5.41, 5.74) is 6.19. The molecule has 146 valence electrons. The predicted octanol–water partition coefficient (Wildman–Crippen LogP) is 4.80. The highest BCUT2D eigenvalue weighted by molar-refractivity contribution is 5.99. The first kappa shape index (κ1) is 17.6. The molecule has 0 fully saturated rings. The van der Waals surface area contributed by atoms with E-state index in [1.54, 1.807) is 0 Å². The molecule has 0 saturated carbocycles. The lowest BCUT2D eigenvalue weighted by molar-refractivity contribution is 0.0728. The maximum Gasteiger partial charge on any atom is 0.256 e. The molecule has 5 heteroatoms. The molecule has 2 aliphatic rings. The minimum atomic E-state index is -0.232. The molecule has 5 rings (SSSR count). The Hall–Kier alpha value is -3.47. The largest absolute Gasteiger partial charge is 0.454 e. The van der Waals surface area contributed by atoms with E-state index >= 15 is 0 Å². The molecule has 0 unspecified atom stereocenters. The van der Waals surface area contributed by atoms with E-state index in [9.17, 15) is 4.79 Å². The quantitative estimate of drug-likeness (QED) is 0.700. The summed E-state index contributed by atoms with van der Waals surface area (Å²) >= 11 is 0. The number of anilines is 1. The van der Waals surface area contributed by atoms with E-state index in [-0.39, 0.29) is 18.9 Å². The van der Waals surface area contributed by atoms with Crippen molar-refractivity contribution in [3.63, 3.8) is 0 Å². The van der Waals surface area contributed by atoms with Crippen molar-refractivity contribution >= 4 is 11.6 Å². The van der Waals surface area contributed by atoms with Crippen molar-refractivity contribution in [3.05, 3.63) is 88.5 Å². The molecule has 29 heavy (non-hydrogen) atoms. The van der Waals surface area contributed by atoms with Crippen LogP contribution in [0.4, 0.5) is 5.69 Å². The fourth-order valence-corrected chi connectivity index (χ4v) is 3.98. The van der Waals surface area contributed by atoms with Gasteiger partial charge in [0.2, 0.25) is 6.79 Å². The van der Waals surface area contributed by atoms with Crippen molar-refractivity contribution in [2.24, 2.45) is 0 Å². The third-order valence-corrected chi connectivity index (χ3v) is 5.75. The number of fused-ring (bicyclic) bond motifs is 2. The van der Waals surface area contributed by atoms with Gasteiger partial charge in [0.1, 0.15) is 6.17 Å². The summed E-state index contributed by atoms with van der Waals surface area (Å²) in [5, 5.41) is 3.61. The lowest BCUT2D eigenvalue weighted by Crippen LogP contribution is -2.32. The highest BCUT2D eigenvalue weighted by Crippen LogP contribution is 2.38. The van der Waals surface area contributed by atoms with Crippen molar-refractivity contribution in [3.8, 4) is 11.5 Å². The fraction of sp³-hybridized carbons (Fsp3) is 0.208. The maximum absolute atomic E-state index is 13.2. The number of nitrogens with zero attached hydrogens (tertiary/aromatic N) is 1. The molecule has 0 bridgehead atoms. The van der Waals surface area contributed by atoms with E-state index in [0.717, 1.165) is 33.9 Å². The molecule has 2 aliphatic heterocycles. The molecule has 0 spiro atoms. The van der Waals surface area contributed by atoms with Crippen LogP contribution in [0, 0.1) is 13.8 Å². The Bertz CT molecular complexity index is 1110. The van der Waals surface area contributed by atoms with Crippen molar-refractivity contribution in [1.82, 2.24) is 4.90 Å². The summed E-state index contributed by atoms with van der Waals surface area (Å²) in [7, 11) is 0. The van der Waals surface area contributed by atoms with Gasteiger partial charge in [0.05, 0.1) is 0 Å². The number of carbonyl (C=O) groups excluding carboxylic acids is 1. The van der Waals surface area contributed by atoms with Gasteiger partial charge in [0, 0.05) is 23.4 Å². The number of benzene rings is 3. The molecular formula is C24H22N2O3. The summed E-state index contributed by atoms with van der Waals surface area (Å²) < 4.78 is 10.9. The van der Waals surface area contributed by atoms with Crippen LogP contribution in [0.2, 0.25) is 0 Å². The normalized spacial score (nSPS) is 16.8. The number of rotatable bonds is 4. The molecule has 0 aromatic heterocycles. The van der Waals surface area contributed by atoms with E-state index in [1.807, 2.05) is 53.4 Å². The van der Waals surface area contributed by atoms with Gasteiger partial charge in [-0.25, -0.2) is 0 Å². The number of aryl methyl sites for hydroxylation is 1. The molecule has 2 heterocycles. The highest BCUT2D eigenvalue weighted by Gasteiger charge is 2.36. The van der Waals surface area contributed by atoms with Gasteiger partial charge < -0.3 is 19.7 Å². The second-order valence-corrected chi connectivity index (χ2v) is 7.50. The molecular weight excluding hydrogens is 364 g/mol. The third kappa shape index (κ3) is 2.99. The van der Waals surface area contributed by atoms with Gasteiger partial charge in [0.25, 0.3) is 5.91 Å². The molecule has 3 aromatic rings. The zero-order chi connectivity index (χ0) is 20.0. The molecule has 1 N–H and O–H groups in total. The Labute approximate surface area is 169 Å². The molecule has 0 saturated heterocycles. The Morgan fingerprint density at radius 1 is 1.00 bits per heavy atom. The molecule has 0 aliphatic carbocycles. The van der Waals surface area contributed by atoms with Gasteiger partial charge in [-0.15, -0.1) is 0 Å². The van der Waals surface area contributed by atoms with E-state index in [4.69, 9.17) is 9.47 Å². The Morgan fingerprint density at radius 2 is 1.83 bits per heavy atom. The smallest absolute Gasteiger partial charge is 0.256 e. The average Bonchev–Trinajstić information content (AvgIpc) is 3.30. The van der Waals surface area contributed by atoms with Crippen molar-refractivity contribution in [2.45, 2.75) is 26.6 Å². The van der Waals surface area contributed by atoms with Crippen LogP contribution in [-0.2, 0) is 6.54 Å². The van der Waals surface area contributed by atoms with Crippen molar-refractivity contribution in [1.29, 1.82) is 0 Å². The van der Waals surface area contributed by atoms with Crippen LogP contribution in [0.25, 0.3) is 0 Å². The van der Waals surface area contributed by atoms with Crippen LogP contribution < -0.4 is 14.8 Å². The molecule has 5 nitrogen and oxygen atoms in total. The number of ether oxygens (including phenoxy) is 2.